The molecule has 1 N–H and O–H groups in total. The lowest BCUT2D eigenvalue weighted by molar-refractivity contribution is 0.102. The fourth-order valence-corrected chi connectivity index (χ4v) is 3.06. The first-order valence-corrected chi connectivity index (χ1v) is 9.68. The Bertz CT molecular complexity index is 894. The molecule has 0 radical (unpaired) electrons. The third kappa shape index (κ3) is 4.94. The fraction of sp³-hybridized carbons (Fsp3) is 0.261. The van der Waals surface area contributed by atoms with Gasteiger partial charge in [0.1, 0.15) is 5.82 Å². The van der Waals surface area contributed by atoms with Crippen LogP contribution in [0, 0.1) is 0 Å². The molecule has 3 rings (SSSR count). The molecular weight excluding hydrogens is 348 g/mol. The van der Waals surface area contributed by atoms with Gasteiger partial charge in [0.15, 0.2) is 0 Å². The van der Waals surface area contributed by atoms with Crippen molar-refractivity contribution in [3.05, 3.63) is 78.2 Å². The van der Waals surface area contributed by atoms with Crippen LogP contribution >= 0.6 is 0 Å². The van der Waals surface area contributed by atoms with E-state index in [0.717, 1.165) is 17.8 Å². The van der Waals surface area contributed by atoms with Crippen LogP contribution in [0.5, 0.6) is 0 Å². The second-order valence-corrected chi connectivity index (χ2v) is 6.75. The number of hydrogen-bond acceptors (Lipinski definition) is 4. The number of amides is 1. The normalized spacial score (nSPS) is 10.5. The Morgan fingerprint density at radius 2 is 1.75 bits per heavy atom. The number of aromatic nitrogens is 2. The smallest absolute Gasteiger partial charge is 0.259 e. The molecule has 1 aromatic carbocycles. The Morgan fingerprint density at radius 3 is 2.46 bits per heavy atom. The van der Waals surface area contributed by atoms with Gasteiger partial charge in [-0.2, -0.15) is 0 Å². The SMILES string of the molecule is CCCCCc1ccc(NC(=O)c2cccnc2N(C)c2ccncc2)cc1. The van der Waals surface area contributed by atoms with Crippen molar-refractivity contribution in [1.29, 1.82) is 0 Å². The van der Waals surface area contributed by atoms with Crippen LogP contribution in [-0.2, 0) is 6.42 Å². The Hall–Kier alpha value is -3.21. The van der Waals surface area contributed by atoms with Gasteiger partial charge in [-0.25, -0.2) is 4.98 Å². The monoisotopic (exact) mass is 374 g/mol. The molecular formula is C23H26N4O. The lowest BCUT2D eigenvalue weighted by Crippen LogP contribution is -2.19. The molecule has 0 saturated heterocycles. The summed E-state index contributed by atoms with van der Waals surface area (Å²) >= 11 is 0. The van der Waals surface area contributed by atoms with Gasteiger partial charge in [-0.1, -0.05) is 31.9 Å². The minimum Gasteiger partial charge on any atom is -0.329 e. The number of anilines is 3. The highest BCUT2D eigenvalue weighted by atomic mass is 16.1. The molecule has 0 saturated carbocycles. The average molecular weight is 374 g/mol. The summed E-state index contributed by atoms with van der Waals surface area (Å²) in [6.07, 6.45) is 9.86. The molecule has 0 aliphatic rings. The highest BCUT2D eigenvalue weighted by Crippen LogP contribution is 2.25. The highest BCUT2D eigenvalue weighted by molar-refractivity contribution is 6.07. The molecule has 0 aliphatic heterocycles. The van der Waals surface area contributed by atoms with Crippen molar-refractivity contribution >= 4 is 23.1 Å². The lowest BCUT2D eigenvalue weighted by Gasteiger charge is -2.20. The first kappa shape index (κ1) is 19.5. The van der Waals surface area contributed by atoms with E-state index in [1.165, 1.54) is 24.8 Å². The van der Waals surface area contributed by atoms with E-state index in [-0.39, 0.29) is 5.91 Å². The van der Waals surface area contributed by atoms with Crippen LogP contribution in [0.4, 0.5) is 17.2 Å². The molecule has 2 aromatic heterocycles. The average Bonchev–Trinajstić information content (AvgIpc) is 2.75. The molecule has 5 nitrogen and oxygen atoms in total. The number of benzene rings is 1. The number of carbonyl (C=O) groups excluding carboxylic acids is 1. The maximum Gasteiger partial charge on any atom is 0.259 e. The molecule has 144 valence electrons. The Morgan fingerprint density at radius 1 is 1.00 bits per heavy atom. The molecule has 0 bridgehead atoms. The summed E-state index contributed by atoms with van der Waals surface area (Å²) in [4.78, 5) is 23.2. The number of nitrogens with one attached hydrogen (secondary N) is 1. The molecule has 0 unspecified atom stereocenters. The van der Waals surface area contributed by atoms with Gasteiger partial charge in [0.05, 0.1) is 5.56 Å². The fourth-order valence-electron chi connectivity index (χ4n) is 3.06. The zero-order valence-corrected chi connectivity index (χ0v) is 16.4. The summed E-state index contributed by atoms with van der Waals surface area (Å²) in [5.74, 6) is 0.421. The van der Waals surface area contributed by atoms with Crippen molar-refractivity contribution in [1.82, 2.24) is 9.97 Å². The van der Waals surface area contributed by atoms with Crippen molar-refractivity contribution in [3.63, 3.8) is 0 Å². The third-order valence-corrected chi connectivity index (χ3v) is 4.68. The van der Waals surface area contributed by atoms with E-state index >= 15 is 0 Å². The summed E-state index contributed by atoms with van der Waals surface area (Å²) in [6, 6.07) is 15.4. The lowest BCUT2D eigenvalue weighted by atomic mass is 10.1. The topological polar surface area (TPSA) is 58.1 Å². The van der Waals surface area contributed by atoms with Crippen molar-refractivity contribution in [2.75, 3.05) is 17.3 Å². The molecule has 0 atom stereocenters. The van der Waals surface area contributed by atoms with Crippen LogP contribution in [-0.4, -0.2) is 22.9 Å². The van der Waals surface area contributed by atoms with Gasteiger partial charge in [0.2, 0.25) is 0 Å². The Labute approximate surface area is 166 Å². The summed E-state index contributed by atoms with van der Waals surface area (Å²) in [5.41, 5.74) is 3.52. The van der Waals surface area contributed by atoms with Crippen LogP contribution in [0.2, 0.25) is 0 Å². The molecule has 2 heterocycles. The molecule has 0 fully saturated rings. The van der Waals surface area contributed by atoms with E-state index in [1.807, 2.05) is 36.2 Å². The van der Waals surface area contributed by atoms with Crippen molar-refractivity contribution in [3.8, 4) is 0 Å². The van der Waals surface area contributed by atoms with Gasteiger partial charge >= 0.3 is 0 Å². The summed E-state index contributed by atoms with van der Waals surface area (Å²) < 4.78 is 0. The summed E-state index contributed by atoms with van der Waals surface area (Å²) in [7, 11) is 1.89. The van der Waals surface area contributed by atoms with E-state index < -0.39 is 0 Å². The van der Waals surface area contributed by atoms with E-state index in [4.69, 9.17) is 0 Å². The first-order chi connectivity index (χ1) is 13.7. The molecule has 1 amide bonds. The number of aryl methyl sites for hydroxylation is 1. The van der Waals surface area contributed by atoms with Crippen molar-refractivity contribution in [2.24, 2.45) is 0 Å². The largest absolute Gasteiger partial charge is 0.329 e. The third-order valence-electron chi connectivity index (χ3n) is 4.68. The molecule has 5 heteroatoms. The zero-order valence-electron chi connectivity index (χ0n) is 16.4. The van der Waals surface area contributed by atoms with Gasteiger partial charge in [-0.15, -0.1) is 0 Å². The van der Waals surface area contributed by atoms with Gasteiger partial charge in [0.25, 0.3) is 5.91 Å². The maximum atomic E-state index is 12.9. The van der Waals surface area contributed by atoms with Crippen molar-refractivity contribution < 1.29 is 4.79 Å². The van der Waals surface area contributed by atoms with Crippen LogP contribution < -0.4 is 10.2 Å². The minimum absolute atomic E-state index is 0.178. The van der Waals surface area contributed by atoms with E-state index in [9.17, 15) is 4.79 Å². The summed E-state index contributed by atoms with van der Waals surface area (Å²) in [5, 5.41) is 2.98. The summed E-state index contributed by atoms with van der Waals surface area (Å²) in [6.45, 7) is 2.21. The Balaban J connectivity index is 1.73. The second kappa shape index (κ2) is 9.65. The van der Waals surface area contributed by atoms with Crippen LogP contribution in [0.25, 0.3) is 0 Å². The minimum atomic E-state index is -0.178. The highest BCUT2D eigenvalue weighted by Gasteiger charge is 2.16. The molecule has 3 aromatic rings. The van der Waals surface area contributed by atoms with E-state index in [1.54, 1.807) is 30.7 Å². The zero-order chi connectivity index (χ0) is 19.8. The van der Waals surface area contributed by atoms with Crippen LogP contribution in [0.15, 0.2) is 67.1 Å². The predicted molar refractivity (Wildman–Crippen MR) is 114 cm³/mol. The number of pyridine rings is 2. The van der Waals surface area contributed by atoms with Crippen molar-refractivity contribution in [2.45, 2.75) is 32.6 Å². The van der Waals surface area contributed by atoms with Crippen LogP contribution in [0.3, 0.4) is 0 Å². The Kier molecular flexibility index (Phi) is 6.73. The quantitative estimate of drug-likeness (QED) is 0.549. The number of unbranched alkanes of at least 4 members (excludes halogenated alkanes) is 2. The molecule has 28 heavy (non-hydrogen) atoms. The van der Waals surface area contributed by atoms with E-state index in [0.29, 0.717) is 11.4 Å². The maximum absolute atomic E-state index is 12.9. The number of carbonyl (C=O) groups is 1. The van der Waals surface area contributed by atoms with E-state index in [2.05, 4.69) is 34.3 Å². The molecule has 0 spiro atoms. The van der Waals surface area contributed by atoms with Gasteiger partial charge < -0.3 is 10.2 Å². The standard InChI is InChI=1S/C23H26N4O/c1-3-4-5-7-18-9-11-19(12-10-18)26-23(28)21-8-6-15-25-22(21)27(2)20-13-16-24-17-14-20/h6,8-17H,3-5,7H2,1-2H3,(H,26,28). The van der Waals surface area contributed by atoms with Gasteiger partial charge in [-0.3, -0.25) is 9.78 Å². The van der Waals surface area contributed by atoms with Crippen LogP contribution in [0.1, 0.15) is 42.1 Å². The second-order valence-electron chi connectivity index (χ2n) is 6.75. The van der Waals surface area contributed by atoms with Gasteiger partial charge in [-0.05, 0) is 54.8 Å². The molecule has 0 aliphatic carbocycles. The number of hydrogen-bond donors (Lipinski definition) is 1. The number of rotatable bonds is 8. The number of nitrogens with zero attached hydrogens (tertiary/aromatic N) is 3. The predicted octanol–water partition coefficient (Wildman–Crippen LogP) is 5.23. The first-order valence-electron chi connectivity index (χ1n) is 9.68. The van der Waals surface area contributed by atoms with Gasteiger partial charge in [0, 0.05) is 37.0 Å².